The molecule has 1 heterocycles. The first kappa shape index (κ1) is 21.0. The molecule has 0 spiro atoms. The van der Waals surface area contributed by atoms with Gasteiger partial charge in [0.2, 0.25) is 5.91 Å². The van der Waals surface area contributed by atoms with Crippen LogP contribution in [0.4, 0.5) is 4.39 Å². The average Bonchev–Trinajstić information content (AvgIpc) is 2.71. The summed E-state index contributed by atoms with van der Waals surface area (Å²) >= 11 is 1.22. The quantitative estimate of drug-likeness (QED) is 0.448. The van der Waals surface area contributed by atoms with Crippen molar-refractivity contribution in [2.24, 2.45) is 5.92 Å². The Bertz CT molecular complexity index is 1070. The first-order valence-corrected chi connectivity index (χ1v) is 10.6. The van der Waals surface area contributed by atoms with E-state index in [4.69, 9.17) is 0 Å². The Labute approximate surface area is 173 Å². The van der Waals surface area contributed by atoms with E-state index in [1.54, 1.807) is 34.9 Å². The Morgan fingerprint density at radius 3 is 2.66 bits per heavy atom. The van der Waals surface area contributed by atoms with Gasteiger partial charge in [0, 0.05) is 18.7 Å². The summed E-state index contributed by atoms with van der Waals surface area (Å²) in [4.78, 5) is 29.8. The topological polar surface area (TPSA) is 64.0 Å². The molecular formula is C22H24FN3O2S. The summed E-state index contributed by atoms with van der Waals surface area (Å²) in [6.45, 7) is 4.87. The Hall–Kier alpha value is -2.67. The number of para-hydroxylation sites is 1. The monoisotopic (exact) mass is 413 g/mol. The number of aromatic nitrogens is 2. The summed E-state index contributed by atoms with van der Waals surface area (Å²) in [5.74, 6) is -0.0495. The second kappa shape index (κ2) is 9.69. The number of nitrogens with zero attached hydrogens (tertiary/aromatic N) is 2. The van der Waals surface area contributed by atoms with Gasteiger partial charge >= 0.3 is 0 Å². The van der Waals surface area contributed by atoms with Crippen molar-refractivity contribution in [1.29, 1.82) is 0 Å². The lowest BCUT2D eigenvalue weighted by Gasteiger charge is -2.14. The average molecular weight is 414 g/mol. The van der Waals surface area contributed by atoms with Crippen LogP contribution in [-0.2, 0) is 17.9 Å². The number of thioether (sulfide) groups is 1. The summed E-state index contributed by atoms with van der Waals surface area (Å²) in [5, 5.41) is 3.81. The van der Waals surface area contributed by atoms with E-state index < -0.39 is 0 Å². The van der Waals surface area contributed by atoms with Gasteiger partial charge in [0.1, 0.15) is 5.82 Å². The molecule has 0 fully saturated rings. The Morgan fingerprint density at radius 2 is 1.90 bits per heavy atom. The van der Waals surface area contributed by atoms with Crippen LogP contribution in [0.1, 0.15) is 25.8 Å². The third kappa shape index (κ3) is 5.44. The zero-order chi connectivity index (χ0) is 20.8. The van der Waals surface area contributed by atoms with Crippen LogP contribution in [0.3, 0.4) is 0 Å². The fourth-order valence-corrected chi connectivity index (χ4v) is 3.71. The van der Waals surface area contributed by atoms with Crippen LogP contribution in [0.5, 0.6) is 0 Å². The van der Waals surface area contributed by atoms with Crippen molar-refractivity contribution in [2.75, 3.05) is 5.75 Å². The molecule has 29 heavy (non-hydrogen) atoms. The lowest BCUT2D eigenvalue weighted by atomic mass is 10.1. The minimum atomic E-state index is -0.348. The number of hydrogen-bond donors (Lipinski definition) is 1. The molecule has 5 nitrogen and oxygen atoms in total. The molecule has 7 heteroatoms. The highest BCUT2D eigenvalue weighted by atomic mass is 32.2. The summed E-state index contributed by atoms with van der Waals surface area (Å²) in [6, 6.07) is 13.6. The van der Waals surface area contributed by atoms with Gasteiger partial charge in [-0.1, -0.05) is 55.9 Å². The number of benzene rings is 2. The van der Waals surface area contributed by atoms with E-state index in [1.807, 2.05) is 12.1 Å². The van der Waals surface area contributed by atoms with Gasteiger partial charge in [0.25, 0.3) is 5.56 Å². The highest BCUT2D eigenvalue weighted by Crippen LogP contribution is 2.19. The molecular weight excluding hydrogens is 389 g/mol. The van der Waals surface area contributed by atoms with E-state index in [0.29, 0.717) is 34.1 Å². The molecule has 1 amide bonds. The minimum absolute atomic E-state index is 0.0921. The molecule has 0 saturated heterocycles. The smallest absolute Gasteiger partial charge is 0.262 e. The number of nitrogens with one attached hydrogen (secondary N) is 1. The van der Waals surface area contributed by atoms with E-state index in [1.165, 1.54) is 17.8 Å². The van der Waals surface area contributed by atoms with E-state index >= 15 is 0 Å². The molecule has 1 N–H and O–H groups in total. The molecule has 0 aliphatic rings. The number of rotatable bonds is 8. The van der Waals surface area contributed by atoms with Gasteiger partial charge in [-0.3, -0.25) is 14.2 Å². The Balaban J connectivity index is 1.74. The van der Waals surface area contributed by atoms with Crippen LogP contribution in [0.15, 0.2) is 58.5 Å². The van der Waals surface area contributed by atoms with Gasteiger partial charge in [0.15, 0.2) is 5.16 Å². The predicted octanol–water partition coefficient (Wildman–Crippen LogP) is 3.99. The van der Waals surface area contributed by atoms with Crippen molar-refractivity contribution < 1.29 is 9.18 Å². The molecule has 0 saturated carbocycles. The number of carbonyl (C=O) groups excluding carboxylic acids is 1. The standard InChI is InChI=1S/C22H24FN3O2S/c1-15(2)11-12-26-21(28)17-8-4-6-10-19(17)25-22(26)29-14-20(27)24-13-16-7-3-5-9-18(16)23/h3-10,15H,11-14H2,1-2H3,(H,24,27). The van der Waals surface area contributed by atoms with Gasteiger partial charge in [-0.05, 0) is 30.5 Å². The first-order chi connectivity index (χ1) is 14.0. The SMILES string of the molecule is CC(C)CCn1c(SCC(=O)NCc2ccccc2F)nc2ccccc2c1=O. The van der Waals surface area contributed by atoms with E-state index in [-0.39, 0.29) is 29.6 Å². The zero-order valence-electron chi connectivity index (χ0n) is 16.5. The summed E-state index contributed by atoms with van der Waals surface area (Å²) in [6.07, 6.45) is 0.840. The largest absolute Gasteiger partial charge is 0.351 e. The summed E-state index contributed by atoms with van der Waals surface area (Å²) in [5.41, 5.74) is 0.960. The maximum atomic E-state index is 13.7. The van der Waals surface area contributed by atoms with Crippen molar-refractivity contribution in [1.82, 2.24) is 14.9 Å². The molecule has 0 radical (unpaired) electrons. The van der Waals surface area contributed by atoms with Crippen molar-refractivity contribution in [3.05, 3.63) is 70.3 Å². The van der Waals surface area contributed by atoms with Crippen molar-refractivity contribution in [3.8, 4) is 0 Å². The van der Waals surface area contributed by atoms with E-state index in [0.717, 1.165) is 6.42 Å². The van der Waals surface area contributed by atoms with Crippen molar-refractivity contribution in [2.45, 2.75) is 38.5 Å². The summed E-state index contributed by atoms with van der Waals surface area (Å²) < 4.78 is 15.3. The second-order valence-corrected chi connectivity index (χ2v) is 8.15. The van der Waals surface area contributed by atoms with Crippen molar-refractivity contribution in [3.63, 3.8) is 0 Å². The fourth-order valence-electron chi connectivity index (χ4n) is 2.86. The molecule has 3 aromatic rings. The molecule has 0 unspecified atom stereocenters. The third-order valence-corrected chi connectivity index (χ3v) is 5.50. The van der Waals surface area contributed by atoms with Crippen LogP contribution in [0.25, 0.3) is 10.9 Å². The highest BCUT2D eigenvalue weighted by molar-refractivity contribution is 7.99. The maximum absolute atomic E-state index is 13.7. The molecule has 1 aromatic heterocycles. The van der Waals surface area contributed by atoms with Gasteiger partial charge in [-0.2, -0.15) is 0 Å². The van der Waals surface area contributed by atoms with Gasteiger partial charge in [0.05, 0.1) is 16.7 Å². The van der Waals surface area contributed by atoms with Crippen LogP contribution in [0, 0.1) is 11.7 Å². The Kier molecular flexibility index (Phi) is 7.04. The minimum Gasteiger partial charge on any atom is -0.351 e. The Morgan fingerprint density at radius 1 is 1.17 bits per heavy atom. The number of fused-ring (bicyclic) bond motifs is 1. The van der Waals surface area contributed by atoms with Gasteiger partial charge in [-0.25, -0.2) is 9.37 Å². The number of halogens is 1. The molecule has 0 aliphatic carbocycles. The van der Waals surface area contributed by atoms with Crippen LogP contribution in [0.2, 0.25) is 0 Å². The second-order valence-electron chi connectivity index (χ2n) is 7.21. The molecule has 152 valence electrons. The van der Waals surface area contributed by atoms with Gasteiger partial charge < -0.3 is 5.32 Å². The lowest BCUT2D eigenvalue weighted by molar-refractivity contribution is -0.118. The molecule has 0 aliphatic heterocycles. The van der Waals surface area contributed by atoms with Crippen LogP contribution >= 0.6 is 11.8 Å². The zero-order valence-corrected chi connectivity index (χ0v) is 17.3. The van der Waals surface area contributed by atoms with Crippen LogP contribution in [-0.4, -0.2) is 21.2 Å². The fraction of sp³-hybridized carbons (Fsp3) is 0.318. The number of amides is 1. The van der Waals surface area contributed by atoms with E-state index in [2.05, 4.69) is 24.1 Å². The maximum Gasteiger partial charge on any atom is 0.262 e. The highest BCUT2D eigenvalue weighted by Gasteiger charge is 2.14. The normalized spacial score (nSPS) is 11.2. The lowest BCUT2D eigenvalue weighted by Crippen LogP contribution is -2.27. The van der Waals surface area contributed by atoms with Crippen LogP contribution < -0.4 is 10.9 Å². The first-order valence-electron chi connectivity index (χ1n) is 9.58. The predicted molar refractivity (Wildman–Crippen MR) is 114 cm³/mol. The number of carbonyl (C=O) groups is 1. The molecule has 2 aromatic carbocycles. The number of hydrogen-bond acceptors (Lipinski definition) is 4. The van der Waals surface area contributed by atoms with Gasteiger partial charge in [-0.15, -0.1) is 0 Å². The molecule has 0 bridgehead atoms. The molecule has 3 rings (SSSR count). The van der Waals surface area contributed by atoms with E-state index in [9.17, 15) is 14.0 Å². The third-order valence-electron chi connectivity index (χ3n) is 4.52. The molecule has 0 atom stereocenters. The van der Waals surface area contributed by atoms with Crippen molar-refractivity contribution >= 4 is 28.6 Å². The summed E-state index contributed by atoms with van der Waals surface area (Å²) in [7, 11) is 0.